The summed E-state index contributed by atoms with van der Waals surface area (Å²) in [6.07, 6.45) is 6.53. The topological polar surface area (TPSA) is 167 Å². The zero-order valence-electron chi connectivity index (χ0n) is 37.7. The van der Waals surface area contributed by atoms with Gasteiger partial charge in [0, 0.05) is 38.4 Å². The first-order chi connectivity index (χ1) is 29.7. The molecule has 5 atom stereocenters. The minimum atomic E-state index is -1.07. The average Bonchev–Trinajstić information content (AvgIpc) is 4.02. The van der Waals surface area contributed by atoms with Crippen molar-refractivity contribution in [1.82, 2.24) is 25.8 Å². The van der Waals surface area contributed by atoms with E-state index < -0.39 is 47.5 Å². The lowest BCUT2D eigenvalue weighted by Gasteiger charge is -2.35. The van der Waals surface area contributed by atoms with E-state index in [9.17, 15) is 28.8 Å². The third-order valence-electron chi connectivity index (χ3n) is 12.4. The van der Waals surface area contributed by atoms with E-state index in [1.165, 1.54) is 0 Å². The maximum atomic E-state index is 14.8. The number of ether oxygens (including phenoxy) is 2. The number of nitrogens with one attached hydrogen (secondary N) is 3. The third kappa shape index (κ3) is 15.1. The summed E-state index contributed by atoms with van der Waals surface area (Å²) in [5.74, 6) is -1.87. The standard InChI is InChI=1S/C49H71N5O8/c1-34(2)29-39(45(57)49(5)33-62-49)50-47(59)41(31-37-17-11-7-12-18-37)51-46(58)40(30-35(3)4)52-48(60)42(22-21-36-15-9-6-10-16-36)54(44(56)32-53-25-27-61-28-26-53)24-23-43(55)38-19-13-8-14-20-38/h6-7,9-12,15-18,34-35,38-42H,8,13-14,19-33H2,1-5H3,(H,50,59)(H,51,58)(H,52,60)/t39-,40-,41-,42-,49+/m0/s1. The van der Waals surface area contributed by atoms with Crippen molar-refractivity contribution < 1.29 is 38.2 Å². The van der Waals surface area contributed by atoms with Crippen molar-refractivity contribution in [2.24, 2.45) is 17.8 Å². The maximum Gasteiger partial charge on any atom is 0.243 e. The molecule has 2 aromatic rings. The number of epoxide rings is 1. The molecule has 5 rings (SSSR count). The van der Waals surface area contributed by atoms with Crippen LogP contribution in [-0.4, -0.2) is 121 Å². The van der Waals surface area contributed by atoms with Crippen molar-refractivity contribution in [1.29, 1.82) is 0 Å². The van der Waals surface area contributed by atoms with Crippen molar-refractivity contribution in [3.63, 3.8) is 0 Å². The van der Waals surface area contributed by atoms with Crippen molar-refractivity contribution in [3.05, 3.63) is 71.8 Å². The minimum Gasteiger partial charge on any atom is -0.379 e. The largest absolute Gasteiger partial charge is 0.379 e. The van der Waals surface area contributed by atoms with Crippen LogP contribution in [0.1, 0.15) is 104 Å². The summed E-state index contributed by atoms with van der Waals surface area (Å²) in [6, 6.07) is 15.1. The number of amides is 4. The molecule has 4 amide bonds. The number of carbonyl (C=O) groups excluding carboxylic acids is 6. The molecule has 2 aromatic carbocycles. The van der Waals surface area contributed by atoms with Crippen molar-refractivity contribution in [2.45, 2.75) is 135 Å². The Balaban J connectivity index is 1.41. The van der Waals surface area contributed by atoms with Crippen LogP contribution in [0.4, 0.5) is 0 Å². The minimum absolute atomic E-state index is 0.0327. The Morgan fingerprint density at radius 2 is 1.29 bits per heavy atom. The maximum absolute atomic E-state index is 14.8. The van der Waals surface area contributed by atoms with Gasteiger partial charge in [-0.3, -0.25) is 33.7 Å². The van der Waals surface area contributed by atoms with Gasteiger partial charge in [-0.1, -0.05) is 108 Å². The molecular weight excluding hydrogens is 787 g/mol. The summed E-state index contributed by atoms with van der Waals surface area (Å²) in [4.78, 5) is 88.7. The van der Waals surface area contributed by atoms with Gasteiger partial charge in [-0.05, 0) is 68.4 Å². The summed E-state index contributed by atoms with van der Waals surface area (Å²) in [7, 11) is 0. The van der Waals surface area contributed by atoms with E-state index in [0.29, 0.717) is 39.1 Å². The lowest BCUT2D eigenvalue weighted by atomic mass is 9.85. The van der Waals surface area contributed by atoms with E-state index in [2.05, 4.69) is 16.0 Å². The Morgan fingerprint density at radius 1 is 0.742 bits per heavy atom. The molecule has 340 valence electrons. The van der Waals surface area contributed by atoms with E-state index in [-0.39, 0.29) is 80.6 Å². The zero-order chi connectivity index (χ0) is 44.6. The van der Waals surface area contributed by atoms with Crippen molar-refractivity contribution in [2.75, 3.05) is 46.0 Å². The number of hydrogen-bond acceptors (Lipinski definition) is 9. The highest BCUT2D eigenvalue weighted by Gasteiger charge is 2.50. The molecule has 62 heavy (non-hydrogen) atoms. The first-order valence-electron chi connectivity index (χ1n) is 23.0. The molecule has 0 unspecified atom stereocenters. The molecule has 0 spiro atoms. The average molecular weight is 858 g/mol. The molecule has 13 heteroatoms. The lowest BCUT2D eigenvalue weighted by Crippen LogP contribution is -2.60. The second kappa shape index (κ2) is 23.8. The fourth-order valence-corrected chi connectivity index (χ4v) is 8.63. The van der Waals surface area contributed by atoms with Crippen LogP contribution in [0.15, 0.2) is 60.7 Å². The van der Waals surface area contributed by atoms with E-state index in [4.69, 9.17) is 9.47 Å². The summed E-state index contributed by atoms with van der Waals surface area (Å²) >= 11 is 0. The van der Waals surface area contributed by atoms with Gasteiger partial charge < -0.3 is 30.3 Å². The van der Waals surface area contributed by atoms with Crippen molar-refractivity contribution in [3.8, 4) is 0 Å². The van der Waals surface area contributed by atoms with E-state index in [1.54, 1.807) is 11.8 Å². The molecule has 3 fully saturated rings. The Bertz CT molecular complexity index is 1770. The molecule has 0 bridgehead atoms. The molecule has 1 saturated carbocycles. The summed E-state index contributed by atoms with van der Waals surface area (Å²) in [6.45, 7) is 12.2. The van der Waals surface area contributed by atoms with Gasteiger partial charge in [-0.2, -0.15) is 0 Å². The quantitative estimate of drug-likeness (QED) is 0.125. The summed E-state index contributed by atoms with van der Waals surface area (Å²) < 4.78 is 11.0. The van der Waals surface area contributed by atoms with Gasteiger partial charge in [0.25, 0.3) is 0 Å². The SMILES string of the molecule is CC(C)C[C@H](NC(=O)[C@H](CCc1ccccc1)N(CCC(=O)C1CCCCC1)C(=O)CN1CCOCC1)C(=O)N[C@@H](Cc1ccccc1)C(=O)N[C@@H](CC(C)C)C(=O)[C@@]1(C)CO1. The molecular formula is C49H71N5O8. The summed E-state index contributed by atoms with van der Waals surface area (Å²) in [5, 5.41) is 8.93. The molecule has 3 aliphatic rings. The number of aryl methyl sites for hydroxylation is 1. The molecule has 0 radical (unpaired) electrons. The van der Waals surface area contributed by atoms with Gasteiger partial charge >= 0.3 is 0 Å². The molecule has 1 aliphatic carbocycles. The van der Waals surface area contributed by atoms with Gasteiger partial charge in [0.15, 0.2) is 5.78 Å². The molecule has 0 aromatic heterocycles. The second-order valence-electron chi connectivity index (χ2n) is 18.6. The fraction of sp³-hybridized carbons (Fsp3) is 0.633. The van der Waals surface area contributed by atoms with Gasteiger partial charge in [-0.25, -0.2) is 0 Å². The van der Waals surface area contributed by atoms with E-state index in [0.717, 1.165) is 43.2 Å². The van der Waals surface area contributed by atoms with E-state index in [1.807, 2.05) is 93.3 Å². The number of Topliss-reactive ketones (excluding diaryl/α,β-unsaturated/α-hetero) is 2. The Kier molecular flexibility index (Phi) is 18.7. The van der Waals surface area contributed by atoms with Crippen LogP contribution < -0.4 is 16.0 Å². The van der Waals surface area contributed by atoms with Crippen LogP contribution in [0.3, 0.4) is 0 Å². The number of morpholine rings is 1. The summed E-state index contributed by atoms with van der Waals surface area (Å²) in [5.41, 5.74) is 0.849. The van der Waals surface area contributed by atoms with Crippen LogP contribution >= 0.6 is 0 Å². The highest BCUT2D eigenvalue weighted by molar-refractivity contribution is 5.99. The second-order valence-corrected chi connectivity index (χ2v) is 18.6. The molecule has 2 heterocycles. The van der Waals surface area contributed by atoms with Crippen molar-refractivity contribution >= 4 is 35.2 Å². The zero-order valence-corrected chi connectivity index (χ0v) is 37.7. The van der Waals surface area contributed by atoms with Gasteiger partial charge in [-0.15, -0.1) is 0 Å². The highest BCUT2D eigenvalue weighted by atomic mass is 16.6. The number of benzene rings is 2. The van der Waals surface area contributed by atoms with Gasteiger partial charge in [0.05, 0.1) is 32.4 Å². The van der Waals surface area contributed by atoms with Crippen LogP contribution in [0.25, 0.3) is 0 Å². The smallest absolute Gasteiger partial charge is 0.243 e. The van der Waals surface area contributed by atoms with E-state index >= 15 is 0 Å². The predicted molar refractivity (Wildman–Crippen MR) is 238 cm³/mol. The molecule has 2 saturated heterocycles. The number of hydrogen-bond donors (Lipinski definition) is 3. The Morgan fingerprint density at radius 3 is 1.89 bits per heavy atom. The number of nitrogens with zero attached hydrogens (tertiary/aromatic N) is 2. The van der Waals surface area contributed by atoms with Gasteiger partial charge in [0.2, 0.25) is 23.6 Å². The first-order valence-corrected chi connectivity index (χ1v) is 23.0. The normalized spacial score (nSPS) is 20.1. The molecule has 13 nitrogen and oxygen atoms in total. The molecule has 2 aliphatic heterocycles. The van der Waals surface area contributed by atoms with Crippen LogP contribution in [0.2, 0.25) is 0 Å². The third-order valence-corrected chi connectivity index (χ3v) is 12.4. The number of carbonyl (C=O) groups is 6. The fourth-order valence-electron chi connectivity index (χ4n) is 8.63. The predicted octanol–water partition coefficient (Wildman–Crippen LogP) is 4.84. The van der Waals surface area contributed by atoms with Crippen LogP contribution in [0, 0.1) is 17.8 Å². The number of rotatable bonds is 24. The Hall–Kier alpha value is -4.46. The van der Waals surface area contributed by atoms with Gasteiger partial charge in [0.1, 0.15) is 29.5 Å². The molecule has 3 N–H and O–H groups in total. The number of ketones is 2. The Labute approximate surface area is 368 Å². The first kappa shape index (κ1) is 48.6. The highest BCUT2D eigenvalue weighted by Crippen LogP contribution is 2.30. The van der Waals surface area contributed by atoms with Crippen LogP contribution in [0.5, 0.6) is 0 Å². The monoisotopic (exact) mass is 858 g/mol. The van der Waals surface area contributed by atoms with Crippen LogP contribution in [-0.2, 0) is 51.1 Å². The lowest BCUT2D eigenvalue weighted by molar-refractivity contribution is -0.144.